The lowest BCUT2D eigenvalue weighted by Crippen LogP contribution is -2.46. The number of carbonyl (C=O) groups excluding carboxylic acids is 1. The molecule has 2 aliphatic rings. The lowest BCUT2D eigenvalue weighted by Gasteiger charge is -2.37. The molecule has 2 aliphatic heterocycles. The van der Waals surface area contributed by atoms with Crippen LogP contribution in [0, 0.1) is 0 Å². The number of anilines is 1. The molecule has 0 saturated carbocycles. The van der Waals surface area contributed by atoms with E-state index in [0.717, 1.165) is 11.6 Å². The molecular weight excluding hydrogens is 323 g/mol. The maximum absolute atomic E-state index is 13.5. The quantitative estimate of drug-likeness (QED) is 0.772. The Morgan fingerprint density at radius 3 is 2.71 bits per heavy atom. The van der Waals surface area contributed by atoms with Gasteiger partial charge in [0.1, 0.15) is 5.75 Å². The average Bonchev–Trinajstić information content (AvgIpc) is 2.91. The first-order valence-corrected chi connectivity index (χ1v) is 7.60. The number of fused-ring (bicyclic) bond motifs is 3. The monoisotopic (exact) mass is 341 g/mol. The Bertz CT molecular complexity index is 739. The number of hydrogen-bond acceptors (Lipinski definition) is 4. The van der Waals surface area contributed by atoms with Gasteiger partial charge in [-0.05, 0) is 25.5 Å². The predicted octanol–water partition coefficient (Wildman–Crippen LogP) is 2.88. The average molecular weight is 341 g/mol. The summed E-state index contributed by atoms with van der Waals surface area (Å²) >= 11 is 0. The van der Waals surface area contributed by atoms with E-state index in [1.165, 1.54) is 6.92 Å². The van der Waals surface area contributed by atoms with Crippen LogP contribution in [0.4, 0.5) is 18.9 Å². The molecule has 1 aromatic rings. The van der Waals surface area contributed by atoms with E-state index in [1.807, 2.05) is 13.8 Å². The molecule has 5 nitrogen and oxygen atoms in total. The van der Waals surface area contributed by atoms with Gasteiger partial charge in [-0.3, -0.25) is 4.79 Å². The molecule has 0 aliphatic carbocycles. The molecule has 1 aromatic carbocycles. The van der Waals surface area contributed by atoms with Gasteiger partial charge >= 0.3 is 6.18 Å². The van der Waals surface area contributed by atoms with Gasteiger partial charge in [-0.25, -0.2) is 5.43 Å². The molecule has 0 radical (unpaired) electrons. The predicted molar refractivity (Wildman–Crippen MR) is 83.3 cm³/mol. The van der Waals surface area contributed by atoms with Crippen LogP contribution >= 0.6 is 0 Å². The molecule has 0 saturated heterocycles. The van der Waals surface area contributed by atoms with Gasteiger partial charge in [0.05, 0.1) is 23.4 Å². The van der Waals surface area contributed by atoms with Crippen LogP contribution in [0.1, 0.15) is 37.5 Å². The minimum absolute atomic E-state index is 0.0116. The van der Waals surface area contributed by atoms with E-state index in [9.17, 15) is 18.0 Å². The molecule has 130 valence electrons. The van der Waals surface area contributed by atoms with Gasteiger partial charge in [0.2, 0.25) is 5.91 Å². The number of rotatable bonds is 1. The van der Waals surface area contributed by atoms with Gasteiger partial charge in [0, 0.05) is 31.0 Å². The standard InChI is InChI=1S/C16H18F3N3O2/c1-8(23)21-22-13-6-10-11(16(17,18)19)7-12-9(4-5-24-12)14(10)20-15(13,2)3/h7,20H,4-6H2,1-3H3,(H,21,23)/b22-13+. The van der Waals surface area contributed by atoms with Crippen molar-refractivity contribution in [1.82, 2.24) is 5.43 Å². The zero-order valence-electron chi connectivity index (χ0n) is 13.6. The van der Waals surface area contributed by atoms with Gasteiger partial charge in [0.15, 0.2) is 0 Å². The van der Waals surface area contributed by atoms with Crippen LogP contribution in [0.2, 0.25) is 0 Å². The Labute approximate surface area is 137 Å². The summed E-state index contributed by atoms with van der Waals surface area (Å²) in [4.78, 5) is 11.1. The zero-order chi connectivity index (χ0) is 17.7. The van der Waals surface area contributed by atoms with Gasteiger partial charge in [-0.15, -0.1) is 0 Å². The number of alkyl halides is 3. The molecule has 0 fully saturated rings. The third-order valence-corrected chi connectivity index (χ3v) is 4.27. The third-order valence-electron chi connectivity index (χ3n) is 4.27. The normalized spacial score (nSPS) is 20.0. The number of nitrogens with zero attached hydrogens (tertiary/aromatic N) is 1. The van der Waals surface area contributed by atoms with Crippen LogP contribution in [-0.2, 0) is 23.8 Å². The molecule has 3 rings (SSSR count). The van der Waals surface area contributed by atoms with Crippen molar-refractivity contribution in [2.45, 2.75) is 45.3 Å². The van der Waals surface area contributed by atoms with Crippen molar-refractivity contribution in [3.05, 3.63) is 22.8 Å². The Hall–Kier alpha value is -2.25. The number of halogens is 3. The van der Waals surface area contributed by atoms with Crippen LogP contribution in [-0.4, -0.2) is 23.8 Å². The van der Waals surface area contributed by atoms with Crippen LogP contribution in [0.5, 0.6) is 5.75 Å². The molecule has 0 spiro atoms. The fourth-order valence-electron chi connectivity index (χ4n) is 3.07. The van der Waals surface area contributed by atoms with Crippen LogP contribution in [0.15, 0.2) is 11.2 Å². The van der Waals surface area contributed by atoms with Gasteiger partial charge in [0.25, 0.3) is 0 Å². The SMILES string of the molecule is CC(=O)N/N=C1\Cc2c(C(F)(F)F)cc3c(c2NC1(C)C)CCO3. The van der Waals surface area contributed by atoms with Crippen molar-refractivity contribution in [2.75, 3.05) is 11.9 Å². The summed E-state index contributed by atoms with van der Waals surface area (Å²) in [6.45, 7) is 5.31. The van der Waals surface area contributed by atoms with E-state index in [0.29, 0.717) is 24.4 Å². The zero-order valence-corrected chi connectivity index (χ0v) is 13.6. The summed E-state index contributed by atoms with van der Waals surface area (Å²) in [6, 6.07) is 1.07. The van der Waals surface area contributed by atoms with Gasteiger partial charge < -0.3 is 10.1 Å². The topological polar surface area (TPSA) is 62.7 Å². The number of hydrogen-bond donors (Lipinski definition) is 2. The lowest BCUT2D eigenvalue weighted by molar-refractivity contribution is -0.138. The second-order valence-electron chi connectivity index (χ2n) is 6.50. The summed E-state index contributed by atoms with van der Waals surface area (Å²) in [6.07, 6.45) is -3.91. The minimum Gasteiger partial charge on any atom is -0.493 e. The first kappa shape index (κ1) is 16.6. The Morgan fingerprint density at radius 1 is 1.38 bits per heavy atom. The van der Waals surface area contributed by atoms with E-state index in [-0.39, 0.29) is 23.6 Å². The molecule has 8 heteroatoms. The number of nitrogens with one attached hydrogen (secondary N) is 2. The molecule has 2 heterocycles. The highest BCUT2D eigenvalue weighted by Gasteiger charge is 2.42. The number of benzene rings is 1. The maximum Gasteiger partial charge on any atom is 0.416 e. The van der Waals surface area contributed by atoms with Crippen molar-refractivity contribution in [3.63, 3.8) is 0 Å². The smallest absolute Gasteiger partial charge is 0.416 e. The fraction of sp³-hybridized carbons (Fsp3) is 0.500. The molecular formula is C16H18F3N3O2. The van der Waals surface area contributed by atoms with E-state index in [1.54, 1.807) is 0 Å². The van der Waals surface area contributed by atoms with Crippen molar-refractivity contribution >= 4 is 17.3 Å². The summed E-state index contributed by atoms with van der Waals surface area (Å²) in [5.41, 5.74) is 2.74. The second kappa shape index (κ2) is 5.39. The Balaban J connectivity index is 2.15. The third kappa shape index (κ3) is 2.81. The number of hydrazone groups is 1. The molecule has 0 aromatic heterocycles. The molecule has 1 amide bonds. The number of amides is 1. The van der Waals surface area contributed by atoms with Gasteiger partial charge in [-0.1, -0.05) is 0 Å². The highest BCUT2D eigenvalue weighted by molar-refractivity contribution is 6.01. The molecule has 0 bridgehead atoms. The van der Waals surface area contributed by atoms with E-state index in [2.05, 4.69) is 15.8 Å². The molecule has 2 N–H and O–H groups in total. The second-order valence-corrected chi connectivity index (χ2v) is 6.50. The Kier molecular flexibility index (Phi) is 3.73. The molecule has 24 heavy (non-hydrogen) atoms. The summed E-state index contributed by atoms with van der Waals surface area (Å²) in [7, 11) is 0. The van der Waals surface area contributed by atoms with Crippen molar-refractivity contribution in [2.24, 2.45) is 5.10 Å². The summed E-state index contributed by atoms with van der Waals surface area (Å²) < 4.78 is 45.8. The maximum atomic E-state index is 13.5. The number of carbonyl (C=O) groups is 1. The van der Waals surface area contributed by atoms with E-state index in [4.69, 9.17) is 4.74 Å². The van der Waals surface area contributed by atoms with Crippen molar-refractivity contribution in [1.29, 1.82) is 0 Å². The van der Waals surface area contributed by atoms with E-state index < -0.39 is 17.3 Å². The highest BCUT2D eigenvalue weighted by atomic mass is 19.4. The molecule has 0 atom stereocenters. The lowest BCUT2D eigenvalue weighted by atomic mass is 9.83. The number of ether oxygens (including phenoxy) is 1. The van der Waals surface area contributed by atoms with Crippen LogP contribution in [0.25, 0.3) is 0 Å². The molecule has 0 unspecified atom stereocenters. The fourth-order valence-corrected chi connectivity index (χ4v) is 3.07. The highest BCUT2D eigenvalue weighted by Crippen LogP contribution is 2.46. The largest absolute Gasteiger partial charge is 0.493 e. The van der Waals surface area contributed by atoms with Crippen molar-refractivity contribution < 1.29 is 22.7 Å². The van der Waals surface area contributed by atoms with Crippen molar-refractivity contribution in [3.8, 4) is 5.75 Å². The summed E-state index contributed by atoms with van der Waals surface area (Å²) in [5, 5.41) is 7.17. The van der Waals surface area contributed by atoms with E-state index >= 15 is 0 Å². The first-order chi connectivity index (χ1) is 11.1. The van der Waals surface area contributed by atoms with Crippen LogP contribution < -0.4 is 15.5 Å². The van der Waals surface area contributed by atoms with Gasteiger partial charge in [-0.2, -0.15) is 18.3 Å². The Morgan fingerprint density at radius 2 is 2.08 bits per heavy atom. The van der Waals surface area contributed by atoms with Crippen LogP contribution in [0.3, 0.4) is 0 Å². The minimum atomic E-state index is -4.49. The first-order valence-electron chi connectivity index (χ1n) is 7.60. The summed E-state index contributed by atoms with van der Waals surface area (Å²) in [5.74, 6) is -0.0888.